The Morgan fingerprint density at radius 3 is 2.37 bits per heavy atom. The van der Waals surface area contributed by atoms with Crippen molar-refractivity contribution in [2.24, 2.45) is 27.2 Å². The van der Waals surface area contributed by atoms with E-state index in [9.17, 15) is 4.39 Å². The molecule has 1 aromatic carbocycles. The number of aliphatic imine (C=N–C) groups is 2. The van der Waals surface area contributed by atoms with Gasteiger partial charge >= 0.3 is 0 Å². The van der Waals surface area contributed by atoms with Crippen molar-refractivity contribution < 1.29 is 13.9 Å². The molecule has 104 valence electrons. The molecule has 19 heavy (non-hydrogen) atoms. The summed E-state index contributed by atoms with van der Waals surface area (Å²) in [5.41, 5.74) is 16.2. The normalized spacial score (nSPS) is 11.7. The number of hydrogen-bond donors (Lipinski definition) is 3. The van der Waals surface area contributed by atoms with Crippen LogP contribution in [0.5, 0.6) is 0 Å². The maximum absolute atomic E-state index is 13.8. The van der Waals surface area contributed by atoms with E-state index in [2.05, 4.69) is 9.98 Å². The van der Waals surface area contributed by atoms with Gasteiger partial charge in [-0.1, -0.05) is 6.07 Å². The number of nitrogens with zero attached hydrogens (tertiary/aromatic N) is 2. The third-order valence-corrected chi connectivity index (χ3v) is 2.17. The van der Waals surface area contributed by atoms with Gasteiger partial charge in [0.2, 0.25) is 5.96 Å². The average molecular weight is 269 g/mol. The van der Waals surface area contributed by atoms with Crippen LogP contribution < -0.4 is 17.2 Å². The van der Waals surface area contributed by atoms with Crippen molar-refractivity contribution in [2.45, 2.75) is 6.29 Å². The molecule has 0 heterocycles. The Kier molecular flexibility index (Phi) is 5.22. The summed E-state index contributed by atoms with van der Waals surface area (Å²) in [6, 6.07) is 4.28. The molecule has 0 radical (unpaired) electrons. The van der Waals surface area contributed by atoms with Crippen LogP contribution in [0, 0.1) is 5.82 Å². The number of nitrogens with two attached hydrogens (primary N) is 3. The third kappa shape index (κ3) is 3.90. The SMILES string of the molecule is COC(OC)c1c(F)cccc1N=C(N)N=C(N)N. The van der Waals surface area contributed by atoms with Gasteiger partial charge in [0.15, 0.2) is 12.2 Å². The Labute approximate surface area is 109 Å². The van der Waals surface area contributed by atoms with E-state index in [1.165, 1.54) is 26.4 Å². The van der Waals surface area contributed by atoms with E-state index in [1.807, 2.05) is 0 Å². The lowest BCUT2D eigenvalue weighted by molar-refractivity contribution is -0.107. The first-order valence-electron chi connectivity index (χ1n) is 5.27. The van der Waals surface area contributed by atoms with Crippen LogP contribution in [-0.4, -0.2) is 26.1 Å². The molecule has 0 unspecified atom stereocenters. The Morgan fingerprint density at radius 1 is 1.21 bits per heavy atom. The predicted molar refractivity (Wildman–Crippen MR) is 70.3 cm³/mol. The van der Waals surface area contributed by atoms with E-state index in [1.54, 1.807) is 6.07 Å². The van der Waals surface area contributed by atoms with Crippen molar-refractivity contribution in [2.75, 3.05) is 14.2 Å². The maximum Gasteiger partial charge on any atom is 0.223 e. The summed E-state index contributed by atoms with van der Waals surface area (Å²) in [4.78, 5) is 7.47. The molecule has 0 amide bonds. The van der Waals surface area contributed by atoms with Crippen LogP contribution in [-0.2, 0) is 9.47 Å². The van der Waals surface area contributed by atoms with E-state index in [-0.39, 0.29) is 23.2 Å². The lowest BCUT2D eigenvalue weighted by atomic mass is 10.1. The van der Waals surface area contributed by atoms with Crippen molar-refractivity contribution in [3.05, 3.63) is 29.6 Å². The van der Waals surface area contributed by atoms with Crippen molar-refractivity contribution in [1.82, 2.24) is 0 Å². The maximum atomic E-state index is 13.8. The quantitative estimate of drug-likeness (QED) is 0.413. The molecule has 0 fully saturated rings. The van der Waals surface area contributed by atoms with Gasteiger partial charge in [0.05, 0.1) is 11.3 Å². The molecule has 0 spiro atoms. The molecule has 7 nitrogen and oxygen atoms in total. The lowest BCUT2D eigenvalue weighted by Gasteiger charge is -2.16. The van der Waals surface area contributed by atoms with Gasteiger partial charge in [0, 0.05) is 14.2 Å². The van der Waals surface area contributed by atoms with Gasteiger partial charge in [0.1, 0.15) is 5.82 Å². The second kappa shape index (κ2) is 6.66. The summed E-state index contributed by atoms with van der Waals surface area (Å²) < 4.78 is 23.9. The van der Waals surface area contributed by atoms with E-state index in [0.717, 1.165) is 0 Å². The lowest BCUT2D eigenvalue weighted by Crippen LogP contribution is -2.26. The third-order valence-electron chi connectivity index (χ3n) is 2.17. The second-order valence-corrected chi connectivity index (χ2v) is 3.48. The Bertz CT molecular complexity index is 496. The monoisotopic (exact) mass is 269 g/mol. The van der Waals surface area contributed by atoms with Crippen LogP contribution >= 0.6 is 0 Å². The molecule has 0 saturated heterocycles. The molecule has 0 aliphatic rings. The molecular weight excluding hydrogens is 253 g/mol. The topological polar surface area (TPSA) is 121 Å². The Hall–Kier alpha value is -2.19. The highest BCUT2D eigenvalue weighted by atomic mass is 19.1. The van der Waals surface area contributed by atoms with E-state index in [4.69, 9.17) is 26.7 Å². The first-order valence-corrected chi connectivity index (χ1v) is 5.27. The summed E-state index contributed by atoms with van der Waals surface area (Å²) in [5, 5.41) is 0. The number of methoxy groups -OCH3 is 2. The number of ether oxygens (including phenoxy) is 2. The number of guanidine groups is 2. The van der Waals surface area contributed by atoms with E-state index >= 15 is 0 Å². The summed E-state index contributed by atoms with van der Waals surface area (Å²) in [6.45, 7) is 0. The molecule has 1 rings (SSSR count). The van der Waals surface area contributed by atoms with Crippen molar-refractivity contribution in [1.29, 1.82) is 0 Å². The number of rotatable bonds is 4. The molecule has 1 aromatic rings. The number of benzene rings is 1. The molecular formula is C11H16FN5O2. The first-order chi connectivity index (χ1) is 8.99. The van der Waals surface area contributed by atoms with Gasteiger partial charge in [-0.15, -0.1) is 0 Å². The summed E-state index contributed by atoms with van der Waals surface area (Å²) >= 11 is 0. The van der Waals surface area contributed by atoms with Crippen molar-refractivity contribution >= 4 is 17.6 Å². The van der Waals surface area contributed by atoms with E-state index < -0.39 is 12.1 Å². The molecule has 0 saturated carbocycles. The highest BCUT2D eigenvalue weighted by molar-refractivity contribution is 5.93. The van der Waals surface area contributed by atoms with Crippen LogP contribution in [0.25, 0.3) is 0 Å². The molecule has 8 heteroatoms. The predicted octanol–water partition coefficient (Wildman–Crippen LogP) is 0.337. The summed E-state index contributed by atoms with van der Waals surface area (Å²) in [5.74, 6) is -0.973. The molecule has 0 aromatic heterocycles. The largest absolute Gasteiger partial charge is 0.370 e. The Balaban J connectivity index is 3.28. The minimum atomic E-state index is -0.910. The highest BCUT2D eigenvalue weighted by Crippen LogP contribution is 2.30. The summed E-state index contributed by atoms with van der Waals surface area (Å²) in [7, 11) is 2.76. The second-order valence-electron chi connectivity index (χ2n) is 3.48. The Morgan fingerprint density at radius 2 is 1.84 bits per heavy atom. The standard InChI is InChI=1S/C11H16FN5O2/c1-18-9(19-2)8-6(12)4-3-5-7(8)16-11(15)17-10(13)14/h3-5,9H,1-2H3,(H6,13,14,15,16,17). The highest BCUT2D eigenvalue weighted by Gasteiger charge is 2.19. The van der Waals surface area contributed by atoms with Crippen LogP contribution in [0.3, 0.4) is 0 Å². The van der Waals surface area contributed by atoms with Gasteiger partial charge < -0.3 is 26.7 Å². The minimum Gasteiger partial charge on any atom is -0.370 e. The van der Waals surface area contributed by atoms with Crippen LogP contribution in [0.15, 0.2) is 28.2 Å². The zero-order valence-corrected chi connectivity index (χ0v) is 10.6. The van der Waals surface area contributed by atoms with Gasteiger partial charge in [-0.3, -0.25) is 0 Å². The molecule has 0 aliphatic heterocycles. The van der Waals surface area contributed by atoms with Gasteiger partial charge in [0.25, 0.3) is 0 Å². The van der Waals surface area contributed by atoms with Crippen molar-refractivity contribution in [3.63, 3.8) is 0 Å². The van der Waals surface area contributed by atoms with E-state index in [0.29, 0.717) is 0 Å². The molecule has 0 atom stereocenters. The van der Waals surface area contributed by atoms with Gasteiger partial charge in [-0.05, 0) is 12.1 Å². The van der Waals surface area contributed by atoms with Crippen LogP contribution in [0.1, 0.15) is 11.9 Å². The fraction of sp³-hybridized carbons (Fsp3) is 0.273. The first kappa shape index (κ1) is 14.9. The van der Waals surface area contributed by atoms with Crippen molar-refractivity contribution in [3.8, 4) is 0 Å². The zero-order chi connectivity index (χ0) is 14.4. The van der Waals surface area contributed by atoms with Gasteiger partial charge in [-0.2, -0.15) is 4.99 Å². The fourth-order valence-electron chi connectivity index (χ4n) is 1.47. The van der Waals surface area contributed by atoms with Crippen LogP contribution in [0.2, 0.25) is 0 Å². The molecule has 0 bridgehead atoms. The summed E-state index contributed by atoms with van der Waals surface area (Å²) in [6.07, 6.45) is -0.910. The average Bonchev–Trinajstić information content (AvgIpc) is 2.32. The van der Waals surface area contributed by atoms with Crippen LogP contribution in [0.4, 0.5) is 10.1 Å². The fourth-order valence-corrected chi connectivity index (χ4v) is 1.47. The number of halogens is 1. The zero-order valence-electron chi connectivity index (χ0n) is 10.6. The molecule has 0 aliphatic carbocycles. The smallest absolute Gasteiger partial charge is 0.223 e. The number of hydrogen-bond acceptors (Lipinski definition) is 3. The molecule has 6 N–H and O–H groups in total. The van der Waals surface area contributed by atoms with Gasteiger partial charge in [-0.25, -0.2) is 9.38 Å². The minimum absolute atomic E-state index is 0.112.